The third-order valence-corrected chi connectivity index (χ3v) is 3.67. The minimum absolute atomic E-state index is 0.242. The fourth-order valence-electron chi connectivity index (χ4n) is 2.41. The largest absolute Gasteiger partial charge is 0.309 e. The van der Waals surface area contributed by atoms with Crippen LogP contribution in [0.5, 0.6) is 0 Å². The molecule has 116 valence electrons. The molecule has 0 saturated heterocycles. The molecule has 1 aliphatic heterocycles. The van der Waals surface area contributed by atoms with E-state index in [1.54, 1.807) is 18.2 Å². The summed E-state index contributed by atoms with van der Waals surface area (Å²) in [5.74, 6) is 0.0766. The molecule has 3 nitrogen and oxygen atoms in total. The number of hydrogen-bond donors (Lipinski definition) is 1. The van der Waals surface area contributed by atoms with Crippen LogP contribution in [-0.2, 0) is 11.2 Å². The third kappa shape index (κ3) is 3.92. The third-order valence-electron chi connectivity index (χ3n) is 3.67. The van der Waals surface area contributed by atoms with Gasteiger partial charge in [0.1, 0.15) is 17.3 Å². The zero-order valence-corrected chi connectivity index (χ0v) is 12.8. The molecule has 0 atom stereocenters. The number of rotatable bonds is 4. The van der Waals surface area contributed by atoms with Gasteiger partial charge < -0.3 is 5.32 Å². The van der Waals surface area contributed by atoms with Gasteiger partial charge in [0.05, 0.1) is 0 Å². The molecule has 0 aliphatic carbocycles. The highest BCUT2D eigenvalue weighted by atomic mass is 19.1. The van der Waals surface area contributed by atoms with Gasteiger partial charge in [-0.2, -0.15) is 0 Å². The van der Waals surface area contributed by atoms with Crippen LogP contribution in [-0.4, -0.2) is 11.7 Å². The molecule has 0 aromatic heterocycles. The van der Waals surface area contributed by atoms with Crippen molar-refractivity contribution in [1.29, 1.82) is 0 Å². The lowest BCUT2D eigenvalue weighted by Crippen LogP contribution is -2.24. The molecule has 4 heteroatoms. The Morgan fingerprint density at radius 3 is 2.65 bits per heavy atom. The van der Waals surface area contributed by atoms with Crippen LogP contribution >= 0.6 is 0 Å². The Kier molecular flexibility index (Phi) is 4.33. The fourth-order valence-corrected chi connectivity index (χ4v) is 2.41. The van der Waals surface area contributed by atoms with Crippen LogP contribution in [0.3, 0.4) is 0 Å². The Morgan fingerprint density at radius 2 is 1.91 bits per heavy atom. The predicted octanol–water partition coefficient (Wildman–Crippen LogP) is 3.64. The molecule has 1 amide bonds. The summed E-state index contributed by atoms with van der Waals surface area (Å²) in [6.45, 7) is 2.05. The highest BCUT2D eigenvalue weighted by Gasteiger charge is 2.19. The van der Waals surface area contributed by atoms with E-state index in [1.165, 1.54) is 23.3 Å². The van der Waals surface area contributed by atoms with Crippen molar-refractivity contribution in [1.82, 2.24) is 5.32 Å². The van der Waals surface area contributed by atoms with E-state index in [4.69, 9.17) is 0 Å². The number of aliphatic imine (C=N–C) groups is 1. The van der Waals surface area contributed by atoms with Crippen molar-refractivity contribution >= 4 is 17.8 Å². The summed E-state index contributed by atoms with van der Waals surface area (Å²) in [7, 11) is 0. The standard InChI is InChI=1S/C19H17FN2O/c1-13-5-7-14(8-6-13)9-10-18-21-17(19(23)22-18)12-15-3-2-4-16(20)11-15/h2-8,11-12H,9-10H2,1H3,(H,21,22,23)/b17-12+. The van der Waals surface area contributed by atoms with Gasteiger partial charge in [-0.05, 0) is 42.7 Å². The van der Waals surface area contributed by atoms with Crippen molar-refractivity contribution < 1.29 is 9.18 Å². The molecule has 0 bridgehead atoms. The number of aryl methyl sites for hydroxylation is 2. The second kappa shape index (κ2) is 6.57. The molecule has 0 fully saturated rings. The minimum Gasteiger partial charge on any atom is -0.309 e. The van der Waals surface area contributed by atoms with E-state index in [-0.39, 0.29) is 11.7 Å². The van der Waals surface area contributed by atoms with Gasteiger partial charge in [-0.25, -0.2) is 9.38 Å². The highest BCUT2D eigenvalue weighted by molar-refractivity contribution is 6.14. The number of carbonyl (C=O) groups excluding carboxylic acids is 1. The van der Waals surface area contributed by atoms with Crippen LogP contribution in [0.2, 0.25) is 0 Å². The average Bonchev–Trinajstić information content (AvgIpc) is 2.87. The molecule has 1 N–H and O–H groups in total. The molecule has 2 aromatic rings. The van der Waals surface area contributed by atoms with Gasteiger partial charge in [-0.1, -0.05) is 42.0 Å². The maximum Gasteiger partial charge on any atom is 0.275 e. The number of halogens is 1. The molecule has 1 aliphatic rings. The SMILES string of the molecule is Cc1ccc(CCC2=N/C(=C/c3cccc(F)c3)C(=O)N2)cc1. The maximum absolute atomic E-state index is 13.2. The summed E-state index contributed by atoms with van der Waals surface area (Å²) in [5, 5.41) is 2.77. The first-order valence-corrected chi connectivity index (χ1v) is 7.52. The summed E-state index contributed by atoms with van der Waals surface area (Å²) in [4.78, 5) is 16.3. The first-order chi connectivity index (χ1) is 11.1. The predicted molar refractivity (Wildman–Crippen MR) is 89.5 cm³/mol. The molecule has 0 saturated carbocycles. The van der Waals surface area contributed by atoms with E-state index in [0.29, 0.717) is 23.5 Å². The van der Waals surface area contributed by atoms with Crippen molar-refractivity contribution in [2.24, 2.45) is 4.99 Å². The zero-order valence-electron chi connectivity index (χ0n) is 12.8. The van der Waals surface area contributed by atoms with Gasteiger partial charge in [-0.15, -0.1) is 0 Å². The molecule has 0 spiro atoms. The summed E-state index contributed by atoms with van der Waals surface area (Å²) >= 11 is 0. The molecule has 3 rings (SSSR count). The summed E-state index contributed by atoms with van der Waals surface area (Å²) < 4.78 is 13.2. The Labute approximate surface area is 134 Å². The Hall–Kier alpha value is -2.75. The topological polar surface area (TPSA) is 41.5 Å². The van der Waals surface area contributed by atoms with Crippen LogP contribution in [0, 0.1) is 12.7 Å². The Morgan fingerprint density at radius 1 is 1.13 bits per heavy atom. The van der Waals surface area contributed by atoms with Gasteiger partial charge in [0.15, 0.2) is 0 Å². The van der Waals surface area contributed by atoms with Crippen LogP contribution in [0.1, 0.15) is 23.1 Å². The molecular weight excluding hydrogens is 291 g/mol. The number of nitrogens with one attached hydrogen (secondary N) is 1. The van der Waals surface area contributed by atoms with E-state index >= 15 is 0 Å². The molecule has 0 radical (unpaired) electrons. The maximum atomic E-state index is 13.2. The molecule has 2 aromatic carbocycles. The van der Waals surface area contributed by atoms with Crippen molar-refractivity contribution in [2.45, 2.75) is 19.8 Å². The minimum atomic E-state index is -0.332. The number of hydrogen-bond acceptors (Lipinski definition) is 2. The van der Waals surface area contributed by atoms with Crippen molar-refractivity contribution in [3.05, 3.63) is 76.7 Å². The molecule has 23 heavy (non-hydrogen) atoms. The quantitative estimate of drug-likeness (QED) is 0.861. The average molecular weight is 308 g/mol. The zero-order chi connectivity index (χ0) is 16.2. The van der Waals surface area contributed by atoms with E-state index in [9.17, 15) is 9.18 Å². The van der Waals surface area contributed by atoms with Crippen LogP contribution in [0.15, 0.2) is 59.2 Å². The van der Waals surface area contributed by atoms with Crippen molar-refractivity contribution in [3.63, 3.8) is 0 Å². The number of amides is 1. The van der Waals surface area contributed by atoms with Gasteiger partial charge in [0.25, 0.3) is 5.91 Å². The van der Waals surface area contributed by atoms with Gasteiger partial charge in [0, 0.05) is 6.42 Å². The fraction of sp³-hybridized carbons (Fsp3) is 0.158. The second-order valence-electron chi connectivity index (χ2n) is 5.58. The Bertz CT molecular complexity index is 791. The van der Waals surface area contributed by atoms with Crippen LogP contribution < -0.4 is 5.32 Å². The van der Waals surface area contributed by atoms with Crippen LogP contribution in [0.4, 0.5) is 4.39 Å². The summed E-state index contributed by atoms with van der Waals surface area (Å²) in [6, 6.07) is 14.4. The smallest absolute Gasteiger partial charge is 0.275 e. The van der Waals surface area contributed by atoms with E-state index in [2.05, 4.69) is 41.5 Å². The lowest BCUT2D eigenvalue weighted by molar-refractivity contribution is -0.115. The number of amidine groups is 1. The van der Waals surface area contributed by atoms with E-state index in [0.717, 1.165) is 6.42 Å². The number of benzene rings is 2. The van der Waals surface area contributed by atoms with Crippen molar-refractivity contribution in [3.8, 4) is 0 Å². The molecular formula is C19H17FN2O. The molecule has 1 heterocycles. The number of carbonyl (C=O) groups is 1. The summed E-state index contributed by atoms with van der Waals surface area (Å²) in [5.41, 5.74) is 3.36. The first kappa shape index (κ1) is 15.2. The van der Waals surface area contributed by atoms with Gasteiger partial charge in [0.2, 0.25) is 0 Å². The van der Waals surface area contributed by atoms with Gasteiger partial charge in [-0.3, -0.25) is 4.79 Å². The normalized spacial score (nSPS) is 15.7. The lowest BCUT2D eigenvalue weighted by atomic mass is 10.1. The Balaban J connectivity index is 1.70. The van der Waals surface area contributed by atoms with Crippen LogP contribution in [0.25, 0.3) is 6.08 Å². The van der Waals surface area contributed by atoms with Crippen molar-refractivity contribution in [2.75, 3.05) is 0 Å². The first-order valence-electron chi connectivity index (χ1n) is 7.52. The molecule has 0 unspecified atom stereocenters. The van der Waals surface area contributed by atoms with Gasteiger partial charge >= 0.3 is 0 Å². The number of nitrogens with zero attached hydrogens (tertiary/aromatic N) is 1. The van der Waals surface area contributed by atoms with E-state index < -0.39 is 0 Å². The van der Waals surface area contributed by atoms with E-state index in [1.807, 2.05) is 0 Å². The lowest BCUT2D eigenvalue weighted by Gasteiger charge is -2.02. The highest BCUT2D eigenvalue weighted by Crippen LogP contribution is 2.15. The summed E-state index contributed by atoms with van der Waals surface area (Å²) in [6.07, 6.45) is 3.07. The second-order valence-corrected chi connectivity index (χ2v) is 5.58. The monoisotopic (exact) mass is 308 g/mol.